The molecule has 1 fully saturated rings. The Morgan fingerprint density at radius 1 is 1.24 bits per heavy atom. The van der Waals surface area contributed by atoms with Gasteiger partial charge in [0.15, 0.2) is 0 Å². The Morgan fingerprint density at radius 3 is 2.35 bits per heavy atom. The van der Waals surface area contributed by atoms with Gasteiger partial charge in [-0.15, -0.1) is 0 Å². The van der Waals surface area contributed by atoms with Crippen molar-refractivity contribution in [3.8, 4) is 0 Å². The molecule has 0 aromatic rings. The van der Waals surface area contributed by atoms with Crippen LogP contribution in [0.5, 0.6) is 0 Å². The van der Waals surface area contributed by atoms with Crippen LogP contribution in [0.3, 0.4) is 0 Å². The fourth-order valence-electron chi connectivity index (χ4n) is 1.84. The van der Waals surface area contributed by atoms with E-state index in [1.54, 1.807) is 6.08 Å². The van der Waals surface area contributed by atoms with E-state index in [0.29, 0.717) is 5.70 Å². The van der Waals surface area contributed by atoms with Gasteiger partial charge in [-0.2, -0.15) is 12.6 Å². The second-order valence-electron chi connectivity index (χ2n) is 3.92. The van der Waals surface area contributed by atoms with Gasteiger partial charge in [0.25, 0.3) is 5.91 Å². The van der Waals surface area contributed by atoms with Crippen molar-refractivity contribution in [3.05, 3.63) is 24.4 Å². The molecular weight excluding hydrogens is 240 g/mol. The summed E-state index contributed by atoms with van der Waals surface area (Å²) in [4.78, 5) is 37.0. The quantitative estimate of drug-likeness (QED) is 0.566. The van der Waals surface area contributed by atoms with E-state index in [-0.39, 0.29) is 37.2 Å². The van der Waals surface area contributed by atoms with Crippen molar-refractivity contribution in [2.75, 3.05) is 13.1 Å². The van der Waals surface area contributed by atoms with Crippen LogP contribution in [-0.2, 0) is 14.4 Å². The van der Waals surface area contributed by atoms with E-state index < -0.39 is 5.25 Å². The summed E-state index contributed by atoms with van der Waals surface area (Å²) >= 11 is 4.02. The highest BCUT2D eigenvalue weighted by atomic mass is 32.1. The molecule has 17 heavy (non-hydrogen) atoms. The lowest BCUT2D eigenvalue weighted by atomic mass is 10.4. The summed E-state index contributed by atoms with van der Waals surface area (Å²) in [6.07, 6.45) is 3.16. The standard InChI is InChI=1S/C11H12N2O3S/c1-7-2-3-9(14)12(7)4-5-13-10(15)6-8(17)11(13)16/h2-3,8,17H,1,4-6H2. The third-order valence-corrected chi connectivity index (χ3v) is 3.20. The van der Waals surface area contributed by atoms with Crippen molar-refractivity contribution in [2.45, 2.75) is 11.7 Å². The van der Waals surface area contributed by atoms with Crippen LogP contribution >= 0.6 is 12.6 Å². The summed E-state index contributed by atoms with van der Waals surface area (Å²) in [7, 11) is 0. The summed E-state index contributed by atoms with van der Waals surface area (Å²) in [5, 5.41) is -0.543. The second-order valence-corrected chi connectivity index (χ2v) is 4.54. The first-order chi connectivity index (χ1) is 8.00. The molecule has 0 bridgehead atoms. The number of hydrogen-bond acceptors (Lipinski definition) is 4. The van der Waals surface area contributed by atoms with Crippen LogP contribution in [0.2, 0.25) is 0 Å². The van der Waals surface area contributed by atoms with Gasteiger partial charge in [0, 0.05) is 31.3 Å². The normalized spacial score (nSPS) is 24.4. The van der Waals surface area contributed by atoms with Crippen LogP contribution in [0.15, 0.2) is 24.4 Å². The average molecular weight is 252 g/mol. The van der Waals surface area contributed by atoms with Crippen molar-refractivity contribution in [3.63, 3.8) is 0 Å². The van der Waals surface area contributed by atoms with E-state index in [1.807, 2.05) is 0 Å². The molecule has 5 nitrogen and oxygen atoms in total. The zero-order valence-electron chi connectivity index (χ0n) is 9.13. The van der Waals surface area contributed by atoms with E-state index in [1.165, 1.54) is 11.0 Å². The number of hydrogen-bond donors (Lipinski definition) is 1. The van der Waals surface area contributed by atoms with Gasteiger partial charge in [0.1, 0.15) is 0 Å². The lowest BCUT2D eigenvalue weighted by Gasteiger charge is -2.21. The second kappa shape index (κ2) is 4.37. The molecule has 0 aliphatic carbocycles. The molecule has 0 aromatic carbocycles. The minimum Gasteiger partial charge on any atom is -0.308 e. The van der Waals surface area contributed by atoms with Crippen LogP contribution in [0.1, 0.15) is 6.42 Å². The monoisotopic (exact) mass is 252 g/mol. The zero-order chi connectivity index (χ0) is 12.6. The molecule has 0 saturated carbocycles. The molecule has 1 unspecified atom stereocenters. The first-order valence-corrected chi connectivity index (χ1v) is 5.73. The highest BCUT2D eigenvalue weighted by molar-refractivity contribution is 7.81. The molecule has 0 aromatic heterocycles. The number of allylic oxidation sites excluding steroid dienone is 1. The number of thiol groups is 1. The Kier molecular flexibility index (Phi) is 3.06. The van der Waals surface area contributed by atoms with E-state index in [4.69, 9.17) is 0 Å². The lowest BCUT2D eigenvalue weighted by molar-refractivity contribution is -0.139. The van der Waals surface area contributed by atoms with Gasteiger partial charge in [-0.1, -0.05) is 6.58 Å². The van der Waals surface area contributed by atoms with Crippen molar-refractivity contribution < 1.29 is 14.4 Å². The maximum Gasteiger partial charge on any atom is 0.251 e. The van der Waals surface area contributed by atoms with Gasteiger partial charge in [-0.25, -0.2) is 0 Å². The maximum absolute atomic E-state index is 11.6. The van der Waals surface area contributed by atoms with Crippen molar-refractivity contribution in [1.29, 1.82) is 0 Å². The van der Waals surface area contributed by atoms with E-state index in [9.17, 15) is 14.4 Å². The predicted molar refractivity (Wildman–Crippen MR) is 64.1 cm³/mol. The number of rotatable bonds is 3. The molecule has 1 saturated heterocycles. The number of nitrogens with zero attached hydrogens (tertiary/aromatic N) is 2. The van der Waals surface area contributed by atoms with E-state index >= 15 is 0 Å². The van der Waals surface area contributed by atoms with Gasteiger partial charge in [-0.3, -0.25) is 19.3 Å². The minimum absolute atomic E-state index is 0.134. The van der Waals surface area contributed by atoms with E-state index in [2.05, 4.69) is 19.2 Å². The number of imide groups is 1. The van der Waals surface area contributed by atoms with Gasteiger partial charge < -0.3 is 4.90 Å². The smallest absolute Gasteiger partial charge is 0.251 e. The predicted octanol–water partition coefficient (Wildman–Crippen LogP) is -0.0442. The third kappa shape index (κ3) is 2.12. The fraction of sp³-hybridized carbons (Fsp3) is 0.364. The Balaban J connectivity index is 1.95. The number of carbonyl (C=O) groups excluding carboxylic acids is 3. The lowest BCUT2D eigenvalue weighted by Crippen LogP contribution is -2.38. The topological polar surface area (TPSA) is 57.7 Å². The summed E-state index contributed by atoms with van der Waals surface area (Å²) < 4.78 is 0. The summed E-state index contributed by atoms with van der Waals surface area (Å²) in [5.74, 6) is -0.694. The number of likely N-dealkylation sites (tertiary alicyclic amines) is 1. The van der Waals surface area contributed by atoms with Crippen LogP contribution < -0.4 is 0 Å². The van der Waals surface area contributed by atoms with Crippen molar-refractivity contribution >= 4 is 30.4 Å². The maximum atomic E-state index is 11.6. The molecular formula is C11H12N2O3S. The Labute approximate surface area is 104 Å². The van der Waals surface area contributed by atoms with E-state index in [0.717, 1.165) is 4.90 Å². The Morgan fingerprint density at radius 2 is 1.88 bits per heavy atom. The first-order valence-electron chi connectivity index (χ1n) is 5.21. The molecule has 1 atom stereocenters. The van der Waals surface area contributed by atoms with Gasteiger partial charge in [0.05, 0.1) is 5.25 Å². The molecule has 0 N–H and O–H groups in total. The van der Waals surface area contributed by atoms with Gasteiger partial charge in [0.2, 0.25) is 11.8 Å². The minimum atomic E-state index is -0.543. The van der Waals surface area contributed by atoms with Gasteiger partial charge >= 0.3 is 0 Å². The molecule has 2 heterocycles. The van der Waals surface area contributed by atoms with Crippen LogP contribution in [-0.4, -0.2) is 45.9 Å². The highest BCUT2D eigenvalue weighted by Crippen LogP contribution is 2.19. The third-order valence-electron chi connectivity index (χ3n) is 2.80. The summed E-state index contributed by atoms with van der Waals surface area (Å²) in [5.41, 5.74) is 0.580. The Hall–Kier alpha value is -1.56. The molecule has 2 aliphatic heterocycles. The highest BCUT2D eigenvalue weighted by Gasteiger charge is 2.36. The summed E-state index contributed by atoms with van der Waals surface area (Å²) in [6, 6.07) is 0. The number of amides is 3. The number of carbonyl (C=O) groups is 3. The largest absolute Gasteiger partial charge is 0.308 e. The molecule has 3 amide bonds. The fourth-order valence-corrected chi connectivity index (χ4v) is 2.14. The molecule has 0 radical (unpaired) electrons. The van der Waals surface area contributed by atoms with Crippen LogP contribution in [0, 0.1) is 0 Å². The SMILES string of the molecule is C=C1C=CC(=O)N1CCN1C(=O)CC(S)C1=O. The van der Waals surface area contributed by atoms with Crippen LogP contribution in [0.4, 0.5) is 0 Å². The van der Waals surface area contributed by atoms with Crippen LogP contribution in [0.25, 0.3) is 0 Å². The molecule has 90 valence electrons. The molecule has 2 aliphatic rings. The molecule has 0 spiro atoms. The first kappa shape index (κ1) is 11.9. The summed E-state index contributed by atoms with van der Waals surface area (Å²) in [6.45, 7) is 4.18. The van der Waals surface area contributed by atoms with Crippen molar-refractivity contribution in [1.82, 2.24) is 9.80 Å². The molecule has 2 rings (SSSR count). The molecule has 6 heteroatoms. The zero-order valence-corrected chi connectivity index (χ0v) is 10.0. The van der Waals surface area contributed by atoms with Gasteiger partial charge in [-0.05, 0) is 6.08 Å². The average Bonchev–Trinajstić information content (AvgIpc) is 2.70. The Bertz CT molecular complexity index is 426. The van der Waals surface area contributed by atoms with Crippen molar-refractivity contribution in [2.24, 2.45) is 0 Å².